The molecule has 0 fully saturated rings. The Morgan fingerprint density at radius 3 is 2.38 bits per heavy atom. The molecule has 1 unspecified atom stereocenters. The Kier molecular flexibility index (Phi) is 4.21. The number of aromatic carboxylic acids is 1. The molecule has 1 N–H and O–H groups in total. The van der Waals surface area contributed by atoms with Gasteiger partial charge in [0.2, 0.25) is 0 Å². The van der Waals surface area contributed by atoms with E-state index in [1.807, 2.05) is 0 Å². The fraction of sp³-hybridized carbons (Fsp3) is 0.188. The minimum absolute atomic E-state index is 0.122. The quantitative estimate of drug-likeness (QED) is 0.930. The van der Waals surface area contributed by atoms with Gasteiger partial charge in [-0.2, -0.15) is 0 Å². The zero-order chi connectivity index (χ0) is 15.6. The van der Waals surface area contributed by atoms with E-state index < -0.39 is 17.8 Å². The van der Waals surface area contributed by atoms with E-state index in [9.17, 15) is 13.6 Å². The maximum Gasteiger partial charge on any atom is 0.335 e. The summed E-state index contributed by atoms with van der Waals surface area (Å²) in [6.45, 7) is 1.75. The van der Waals surface area contributed by atoms with Crippen LogP contribution in [0.3, 0.4) is 0 Å². The Morgan fingerprint density at radius 2 is 1.81 bits per heavy atom. The van der Waals surface area contributed by atoms with Crippen molar-refractivity contribution in [3.8, 4) is 0 Å². The van der Waals surface area contributed by atoms with Gasteiger partial charge in [-0.3, -0.25) is 0 Å². The van der Waals surface area contributed by atoms with Crippen LogP contribution < -0.4 is 4.90 Å². The fourth-order valence-corrected chi connectivity index (χ4v) is 2.16. The molecule has 2 rings (SSSR count). The van der Waals surface area contributed by atoms with Crippen molar-refractivity contribution in [2.45, 2.75) is 13.0 Å². The highest BCUT2D eigenvalue weighted by Crippen LogP contribution is 2.29. The largest absolute Gasteiger partial charge is 0.478 e. The highest BCUT2D eigenvalue weighted by molar-refractivity contribution is 5.88. The molecule has 0 spiro atoms. The van der Waals surface area contributed by atoms with Crippen LogP contribution in [0.2, 0.25) is 0 Å². The van der Waals surface area contributed by atoms with Crippen molar-refractivity contribution >= 4 is 11.7 Å². The van der Waals surface area contributed by atoms with Crippen molar-refractivity contribution in [3.63, 3.8) is 0 Å². The summed E-state index contributed by atoms with van der Waals surface area (Å²) in [5.41, 5.74) is 0.542. The van der Waals surface area contributed by atoms with E-state index in [2.05, 4.69) is 0 Å². The summed E-state index contributed by atoms with van der Waals surface area (Å²) in [6.07, 6.45) is 0. The first kappa shape index (κ1) is 15.0. The van der Waals surface area contributed by atoms with Gasteiger partial charge in [-0.25, -0.2) is 13.6 Å². The lowest BCUT2D eigenvalue weighted by molar-refractivity contribution is 0.0696. The highest BCUT2D eigenvalue weighted by Gasteiger charge is 2.19. The standard InChI is InChI=1S/C16H15F2NO2/c1-10(12-5-3-4-6-13(12)17)19(2)15-8-7-11(16(20)21)9-14(15)18/h3-10H,1-2H3,(H,20,21). The van der Waals surface area contributed by atoms with E-state index in [1.54, 1.807) is 37.1 Å². The van der Waals surface area contributed by atoms with Gasteiger partial charge in [0.05, 0.1) is 17.3 Å². The van der Waals surface area contributed by atoms with Crippen molar-refractivity contribution in [3.05, 3.63) is 65.2 Å². The van der Waals surface area contributed by atoms with Gasteiger partial charge < -0.3 is 10.0 Å². The molecule has 0 bridgehead atoms. The van der Waals surface area contributed by atoms with Gasteiger partial charge in [-0.05, 0) is 31.2 Å². The monoisotopic (exact) mass is 291 g/mol. The predicted octanol–water partition coefficient (Wildman–Crippen LogP) is 3.86. The lowest BCUT2D eigenvalue weighted by Crippen LogP contribution is -2.23. The molecule has 0 heterocycles. The van der Waals surface area contributed by atoms with Gasteiger partial charge in [0.1, 0.15) is 11.6 Å². The van der Waals surface area contributed by atoms with Gasteiger partial charge in [0, 0.05) is 12.6 Å². The summed E-state index contributed by atoms with van der Waals surface area (Å²) < 4.78 is 27.8. The number of hydrogen-bond acceptors (Lipinski definition) is 2. The number of anilines is 1. The summed E-state index contributed by atoms with van der Waals surface area (Å²) in [7, 11) is 1.63. The first-order chi connectivity index (χ1) is 9.91. The van der Waals surface area contributed by atoms with E-state index in [-0.39, 0.29) is 17.1 Å². The molecule has 1 atom stereocenters. The van der Waals surface area contributed by atoms with E-state index >= 15 is 0 Å². The third-order valence-electron chi connectivity index (χ3n) is 3.51. The molecule has 2 aromatic carbocycles. The number of carboxylic acid groups (broad SMARTS) is 1. The Balaban J connectivity index is 2.34. The van der Waals surface area contributed by atoms with E-state index in [4.69, 9.17) is 5.11 Å². The number of nitrogens with zero attached hydrogens (tertiary/aromatic N) is 1. The summed E-state index contributed by atoms with van der Waals surface area (Å²) in [4.78, 5) is 12.4. The van der Waals surface area contributed by atoms with Gasteiger partial charge in [-0.15, -0.1) is 0 Å². The van der Waals surface area contributed by atoms with Crippen molar-refractivity contribution in [2.24, 2.45) is 0 Å². The molecule has 2 aromatic rings. The summed E-state index contributed by atoms with van der Waals surface area (Å²) in [5.74, 6) is -2.20. The SMILES string of the molecule is CC(c1ccccc1F)N(C)c1ccc(C(=O)O)cc1F. The average Bonchev–Trinajstić information content (AvgIpc) is 2.46. The van der Waals surface area contributed by atoms with Gasteiger partial charge in [-0.1, -0.05) is 18.2 Å². The minimum atomic E-state index is -1.19. The van der Waals surface area contributed by atoms with Crippen LogP contribution in [0.15, 0.2) is 42.5 Å². The summed E-state index contributed by atoms with van der Waals surface area (Å²) in [6, 6.07) is 9.57. The molecular weight excluding hydrogens is 276 g/mol. The molecule has 0 aliphatic rings. The zero-order valence-electron chi connectivity index (χ0n) is 11.7. The lowest BCUT2D eigenvalue weighted by atomic mass is 10.1. The maximum absolute atomic E-state index is 14.0. The molecule has 0 saturated heterocycles. The van der Waals surface area contributed by atoms with Gasteiger partial charge in [0.15, 0.2) is 0 Å². The number of rotatable bonds is 4. The van der Waals surface area contributed by atoms with Crippen LogP contribution in [-0.4, -0.2) is 18.1 Å². The highest BCUT2D eigenvalue weighted by atomic mass is 19.1. The Bertz CT molecular complexity index is 673. The minimum Gasteiger partial charge on any atom is -0.478 e. The second-order valence-electron chi connectivity index (χ2n) is 4.78. The fourth-order valence-electron chi connectivity index (χ4n) is 2.16. The molecular formula is C16H15F2NO2. The number of hydrogen-bond donors (Lipinski definition) is 1. The molecule has 0 amide bonds. The third-order valence-corrected chi connectivity index (χ3v) is 3.51. The molecule has 0 aromatic heterocycles. The second kappa shape index (κ2) is 5.91. The first-order valence-corrected chi connectivity index (χ1v) is 6.42. The Morgan fingerprint density at radius 1 is 1.14 bits per heavy atom. The molecule has 0 aliphatic heterocycles. The normalized spacial score (nSPS) is 12.0. The molecule has 21 heavy (non-hydrogen) atoms. The Labute approximate surface area is 121 Å². The predicted molar refractivity (Wildman–Crippen MR) is 76.6 cm³/mol. The first-order valence-electron chi connectivity index (χ1n) is 6.42. The zero-order valence-corrected chi connectivity index (χ0v) is 11.7. The number of halogens is 2. The molecule has 3 nitrogen and oxygen atoms in total. The van der Waals surface area contributed by atoms with Crippen LogP contribution >= 0.6 is 0 Å². The topological polar surface area (TPSA) is 40.5 Å². The number of benzene rings is 2. The second-order valence-corrected chi connectivity index (χ2v) is 4.78. The molecule has 0 aliphatic carbocycles. The van der Waals surface area contributed by atoms with Gasteiger partial charge in [0.25, 0.3) is 0 Å². The van der Waals surface area contributed by atoms with Crippen molar-refractivity contribution in [1.29, 1.82) is 0 Å². The molecule has 0 radical (unpaired) electrons. The van der Waals surface area contributed by atoms with Crippen LogP contribution in [-0.2, 0) is 0 Å². The lowest BCUT2D eigenvalue weighted by Gasteiger charge is -2.28. The van der Waals surface area contributed by atoms with Crippen LogP contribution in [0.25, 0.3) is 0 Å². The molecule has 110 valence electrons. The van der Waals surface area contributed by atoms with Crippen molar-refractivity contribution in [1.82, 2.24) is 0 Å². The smallest absolute Gasteiger partial charge is 0.335 e. The van der Waals surface area contributed by atoms with E-state index in [0.717, 1.165) is 6.07 Å². The van der Waals surface area contributed by atoms with Crippen LogP contribution in [0, 0.1) is 11.6 Å². The number of carbonyl (C=O) groups is 1. The molecule has 5 heteroatoms. The van der Waals surface area contributed by atoms with Crippen molar-refractivity contribution < 1.29 is 18.7 Å². The van der Waals surface area contributed by atoms with Crippen LogP contribution in [0.4, 0.5) is 14.5 Å². The Hall–Kier alpha value is -2.43. The van der Waals surface area contributed by atoms with Crippen LogP contribution in [0.1, 0.15) is 28.9 Å². The number of carboxylic acids is 1. The average molecular weight is 291 g/mol. The summed E-state index contributed by atoms with van der Waals surface area (Å²) >= 11 is 0. The molecule has 0 saturated carbocycles. The maximum atomic E-state index is 14.0. The van der Waals surface area contributed by atoms with E-state index in [0.29, 0.717) is 5.56 Å². The van der Waals surface area contributed by atoms with Gasteiger partial charge >= 0.3 is 5.97 Å². The third kappa shape index (κ3) is 3.02. The van der Waals surface area contributed by atoms with E-state index in [1.165, 1.54) is 18.2 Å². The summed E-state index contributed by atoms with van der Waals surface area (Å²) in [5, 5.41) is 8.83. The van der Waals surface area contributed by atoms with Crippen LogP contribution in [0.5, 0.6) is 0 Å². The van der Waals surface area contributed by atoms with Crippen molar-refractivity contribution in [2.75, 3.05) is 11.9 Å².